The molecule has 8 rings (SSSR count). The summed E-state index contributed by atoms with van der Waals surface area (Å²) in [4.78, 5) is 2.51. The zero-order chi connectivity index (χ0) is 36.1. The van der Waals surface area contributed by atoms with Crippen LogP contribution in [0.5, 0.6) is 0 Å². The number of rotatable bonds is 4. The van der Waals surface area contributed by atoms with E-state index in [2.05, 4.69) is 202 Å². The maximum Gasteiger partial charge on any atom is 0.0543 e. The quantitative estimate of drug-likeness (QED) is 0.181. The van der Waals surface area contributed by atoms with E-state index in [0.29, 0.717) is 0 Å². The highest BCUT2D eigenvalue weighted by Crippen LogP contribution is 2.55. The first-order valence-electron chi connectivity index (χ1n) is 18.6. The van der Waals surface area contributed by atoms with E-state index in [1.54, 1.807) is 0 Å². The molecule has 0 bridgehead atoms. The van der Waals surface area contributed by atoms with E-state index in [1.807, 2.05) is 0 Å². The van der Waals surface area contributed by atoms with Gasteiger partial charge in [-0.25, -0.2) is 0 Å². The Bertz CT molecular complexity index is 2290. The maximum atomic E-state index is 2.51. The molecule has 1 heteroatoms. The van der Waals surface area contributed by atoms with Crippen LogP contribution in [-0.2, 0) is 21.7 Å². The lowest BCUT2D eigenvalue weighted by molar-refractivity contribution is 0.569. The predicted molar refractivity (Wildman–Crippen MR) is 219 cm³/mol. The largest absolute Gasteiger partial charge is 0.310 e. The highest BCUT2D eigenvalue weighted by molar-refractivity contribution is 5.96. The van der Waals surface area contributed by atoms with Gasteiger partial charge in [0.05, 0.1) is 5.69 Å². The van der Waals surface area contributed by atoms with Crippen molar-refractivity contribution in [1.82, 2.24) is 0 Å². The maximum absolute atomic E-state index is 2.51. The Balaban J connectivity index is 1.32. The van der Waals surface area contributed by atoms with Gasteiger partial charge in [-0.3, -0.25) is 0 Å². The van der Waals surface area contributed by atoms with Gasteiger partial charge in [-0.05, 0) is 102 Å². The molecule has 2 aliphatic carbocycles. The molecule has 51 heavy (non-hydrogen) atoms. The van der Waals surface area contributed by atoms with Crippen LogP contribution in [0.15, 0.2) is 127 Å². The Morgan fingerprint density at radius 3 is 1.55 bits per heavy atom. The minimum atomic E-state index is -0.0898. The Kier molecular flexibility index (Phi) is 7.38. The van der Waals surface area contributed by atoms with Crippen LogP contribution < -0.4 is 4.90 Å². The molecule has 0 atom stereocenters. The fourth-order valence-corrected chi connectivity index (χ4v) is 8.64. The average Bonchev–Trinajstić information content (AvgIpc) is 3.48. The van der Waals surface area contributed by atoms with Gasteiger partial charge in [0, 0.05) is 27.8 Å². The molecule has 6 aromatic carbocycles. The number of hydrogen-bond acceptors (Lipinski definition) is 1. The highest BCUT2D eigenvalue weighted by atomic mass is 15.1. The molecule has 0 unspecified atom stereocenters. The second-order valence-electron chi connectivity index (χ2n) is 18.0. The minimum Gasteiger partial charge on any atom is -0.310 e. The summed E-state index contributed by atoms with van der Waals surface area (Å²) in [5.74, 6) is 0. The van der Waals surface area contributed by atoms with Gasteiger partial charge in [-0.1, -0.05) is 166 Å². The second-order valence-corrected chi connectivity index (χ2v) is 18.0. The first-order chi connectivity index (χ1) is 24.1. The third-order valence-electron chi connectivity index (χ3n) is 11.8. The van der Waals surface area contributed by atoms with Gasteiger partial charge in [0.2, 0.25) is 0 Å². The third kappa shape index (κ3) is 5.27. The molecule has 0 spiro atoms. The molecule has 0 heterocycles. The first kappa shape index (κ1) is 33.3. The van der Waals surface area contributed by atoms with E-state index < -0.39 is 0 Å². The van der Waals surface area contributed by atoms with Gasteiger partial charge in [0.1, 0.15) is 0 Å². The standard InChI is InChI=1S/C50H51N/c1-47(2,3)34-28-33(29-35(30-34)48(4,5)6)32-22-24-36(25-23-32)51(37-26-27-39-38-16-11-13-18-41(38)50(9,10)44(39)31-37)45-21-15-20-43-46(45)40-17-12-14-19-42(40)49(43,7)8/h11-31H,1-10H3. The molecule has 0 aliphatic heterocycles. The molecule has 0 saturated heterocycles. The summed E-state index contributed by atoms with van der Waals surface area (Å²) in [7, 11) is 0. The summed E-state index contributed by atoms with van der Waals surface area (Å²) in [6.07, 6.45) is 0. The fraction of sp³-hybridized carbons (Fsp3) is 0.280. The molecule has 1 nitrogen and oxygen atoms in total. The van der Waals surface area contributed by atoms with Crippen molar-refractivity contribution in [2.24, 2.45) is 0 Å². The SMILES string of the molecule is CC(C)(C)c1cc(-c2ccc(N(c3ccc4c(c3)C(C)(C)c3ccccc3-4)c3cccc4c3-c3ccccc3C4(C)C)cc2)cc(C(C)(C)C)c1. The summed E-state index contributed by atoms with van der Waals surface area (Å²) >= 11 is 0. The zero-order valence-electron chi connectivity index (χ0n) is 32.1. The van der Waals surface area contributed by atoms with Gasteiger partial charge in [-0.15, -0.1) is 0 Å². The van der Waals surface area contributed by atoms with Gasteiger partial charge in [-0.2, -0.15) is 0 Å². The summed E-state index contributed by atoms with van der Waals surface area (Å²) < 4.78 is 0. The van der Waals surface area contributed by atoms with Crippen LogP contribution in [0.1, 0.15) is 103 Å². The lowest BCUT2D eigenvalue weighted by atomic mass is 9.79. The lowest BCUT2D eigenvalue weighted by Crippen LogP contribution is -2.17. The molecule has 256 valence electrons. The molecule has 6 aromatic rings. The van der Waals surface area contributed by atoms with E-state index in [-0.39, 0.29) is 21.7 Å². The zero-order valence-corrected chi connectivity index (χ0v) is 32.1. The summed E-state index contributed by atoms with van der Waals surface area (Å²) in [5, 5.41) is 0. The van der Waals surface area contributed by atoms with Crippen molar-refractivity contribution in [3.8, 4) is 33.4 Å². The summed E-state index contributed by atoms with van der Waals surface area (Å²) in [6, 6.07) is 48.5. The molecule has 2 aliphatic rings. The van der Waals surface area contributed by atoms with Crippen LogP contribution >= 0.6 is 0 Å². The normalized spacial score (nSPS) is 15.2. The number of fused-ring (bicyclic) bond motifs is 6. The molecule has 0 amide bonds. The van der Waals surface area contributed by atoms with E-state index in [1.165, 1.54) is 78.1 Å². The number of hydrogen-bond donors (Lipinski definition) is 0. The monoisotopic (exact) mass is 665 g/mol. The van der Waals surface area contributed by atoms with E-state index in [9.17, 15) is 0 Å². The number of benzene rings is 6. The van der Waals surface area contributed by atoms with Crippen molar-refractivity contribution in [3.63, 3.8) is 0 Å². The molecular formula is C50H51N. The Morgan fingerprint density at radius 2 is 0.922 bits per heavy atom. The van der Waals surface area contributed by atoms with Crippen LogP contribution in [0.3, 0.4) is 0 Å². The van der Waals surface area contributed by atoms with Crippen molar-refractivity contribution in [3.05, 3.63) is 161 Å². The van der Waals surface area contributed by atoms with Gasteiger partial charge < -0.3 is 4.90 Å². The van der Waals surface area contributed by atoms with Crippen molar-refractivity contribution in [2.75, 3.05) is 4.90 Å². The number of nitrogens with zero attached hydrogens (tertiary/aromatic N) is 1. The first-order valence-corrected chi connectivity index (χ1v) is 18.6. The molecule has 0 aromatic heterocycles. The second kappa shape index (κ2) is 11.3. The van der Waals surface area contributed by atoms with Crippen molar-refractivity contribution < 1.29 is 0 Å². The van der Waals surface area contributed by atoms with E-state index >= 15 is 0 Å². The van der Waals surface area contributed by atoms with Crippen molar-refractivity contribution >= 4 is 17.1 Å². The van der Waals surface area contributed by atoms with Crippen LogP contribution in [0.4, 0.5) is 17.1 Å². The van der Waals surface area contributed by atoms with Crippen LogP contribution in [-0.4, -0.2) is 0 Å². The number of anilines is 3. The van der Waals surface area contributed by atoms with Crippen molar-refractivity contribution in [1.29, 1.82) is 0 Å². The van der Waals surface area contributed by atoms with Gasteiger partial charge in [0.15, 0.2) is 0 Å². The molecule has 0 N–H and O–H groups in total. The summed E-state index contributed by atoms with van der Waals surface area (Å²) in [6.45, 7) is 23.4. The third-order valence-corrected chi connectivity index (χ3v) is 11.8. The average molecular weight is 666 g/mol. The smallest absolute Gasteiger partial charge is 0.0543 e. The Morgan fingerprint density at radius 1 is 0.412 bits per heavy atom. The van der Waals surface area contributed by atoms with Gasteiger partial charge >= 0.3 is 0 Å². The van der Waals surface area contributed by atoms with Crippen LogP contribution in [0, 0.1) is 0 Å². The van der Waals surface area contributed by atoms with Crippen molar-refractivity contribution in [2.45, 2.75) is 90.9 Å². The topological polar surface area (TPSA) is 3.24 Å². The summed E-state index contributed by atoms with van der Waals surface area (Å²) in [5.41, 5.74) is 19.7. The molecule has 0 radical (unpaired) electrons. The molecular weight excluding hydrogens is 615 g/mol. The highest BCUT2D eigenvalue weighted by Gasteiger charge is 2.39. The lowest BCUT2D eigenvalue weighted by Gasteiger charge is -2.30. The fourth-order valence-electron chi connectivity index (χ4n) is 8.64. The Hall–Kier alpha value is -4.88. The molecule has 0 saturated carbocycles. The van der Waals surface area contributed by atoms with E-state index in [0.717, 1.165) is 5.69 Å². The Labute approximate surface area is 306 Å². The van der Waals surface area contributed by atoms with Gasteiger partial charge in [0.25, 0.3) is 0 Å². The van der Waals surface area contributed by atoms with Crippen LogP contribution in [0.2, 0.25) is 0 Å². The van der Waals surface area contributed by atoms with Crippen LogP contribution in [0.25, 0.3) is 33.4 Å². The molecule has 0 fully saturated rings. The predicted octanol–water partition coefficient (Wildman–Crippen LogP) is 14.0. The van der Waals surface area contributed by atoms with E-state index in [4.69, 9.17) is 0 Å². The minimum absolute atomic E-state index is 0.0610.